The van der Waals surface area contributed by atoms with Crippen molar-refractivity contribution in [3.05, 3.63) is 18.5 Å². The Morgan fingerprint density at radius 2 is 2.20 bits per heavy atom. The summed E-state index contributed by atoms with van der Waals surface area (Å²) in [7, 11) is -4.99. The predicted octanol–water partition coefficient (Wildman–Crippen LogP) is -4.37. The monoisotopic (exact) mass is 309 g/mol. The minimum absolute atomic E-state index is 0. The van der Waals surface area contributed by atoms with Gasteiger partial charge in [-0.05, 0) is 6.08 Å². The molecule has 2 aliphatic rings. The van der Waals surface area contributed by atoms with E-state index in [1.54, 1.807) is 12.3 Å². The number of carbonyl (C=O) groups excluding carboxylic acids is 1. The van der Waals surface area contributed by atoms with Crippen molar-refractivity contribution >= 4 is 22.1 Å². The topological polar surface area (TPSA) is 121 Å². The Morgan fingerprint density at radius 3 is 2.80 bits per heavy atom. The average Bonchev–Trinajstić information content (AvgIpc) is 2.92. The maximum atomic E-state index is 11.8. The number of hydroxylamine groups is 2. The van der Waals surface area contributed by atoms with E-state index < -0.39 is 22.5 Å². The number of nitrogens with zero attached hydrogens (tertiary/aromatic N) is 5. The summed E-state index contributed by atoms with van der Waals surface area (Å²) in [5.41, 5.74) is 0.650. The molecule has 2 amide bonds. The fraction of sp³-hybridized carbons (Fsp3) is 0.375. The van der Waals surface area contributed by atoms with Gasteiger partial charge in [0.05, 0.1) is 24.6 Å². The second-order valence-electron chi connectivity index (χ2n) is 4.04. The molecule has 20 heavy (non-hydrogen) atoms. The fourth-order valence-corrected chi connectivity index (χ4v) is 2.45. The average molecular weight is 309 g/mol. The quantitative estimate of drug-likeness (QED) is 0.314. The van der Waals surface area contributed by atoms with E-state index in [4.69, 9.17) is 0 Å². The van der Waals surface area contributed by atoms with Gasteiger partial charge >= 0.3 is 35.6 Å². The van der Waals surface area contributed by atoms with Crippen LogP contribution >= 0.6 is 0 Å². The van der Waals surface area contributed by atoms with E-state index in [0.717, 1.165) is 0 Å². The van der Waals surface area contributed by atoms with Gasteiger partial charge in [0.25, 0.3) is 0 Å². The Balaban J connectivity index is 0.00000147. The van der Waals surface area contributed by atoms with Crippen LogP contribution in [0, 0.1) is 0 Å². The van der Waals surface area contributed by atoms with Crippen LogP contribution in [0.3, 0.4) is 0 Å². The Hall–Kier alpha value is -0.980. The zero-order valence-electron chi connectivity index (χ0n) is 10.4. The van der Waals surface area contributed by atoms with E-state index in [1.807, 2.05) is 0 Å². The first-order valence-corrected chi connectivity index (χ1v) is 6.58. The molecule has 0 aliphatic carbocycles. The molecule has 0 unspecified atom stereocenters. The molecule has 3 heterocycles. The Labute approximate surface area is 136 Å². The molecular formula is C8H8N5NaO5S. The molecule has 2 bridgehead atoms. The molecule has 0 radical (unpaired) electrons. The number of hydrogen-bond donors (Lipinski definition) is 0. The number of urea groups is 1. The largest absolute Gasteiger partial charge is 1.00 e. The molecule has 10 nitrogen and oxygen atoms in total. The molecule has 2 aliphatic heterocycles. The third kappa shape index (κ3) is 2.87. The van der Waals surface area contributed by atoms with Crippen LogP contribution in [0.2, 0.25) is 0 Å². The Morgan fingerprint density at radius 1 is 1.45 bits per heavy atom. The summed E-state index contributed by atoms with van der Waals surface area (Å²) in [6.07, 6.45) is 4.68. The smallest absolute Gasteiger partial charge is 0.724 e. The van der Waals surface area contributed by atoms with Crippen molar-refractivity contribution in [2.45, 2.75) is 6.04 Å². The third-order valence-electron chi connectivity index (χ3n) is 2.79. The first-order chi connectivity index (χ1) is 8.94. The molecular weight excluding hydrogens is 301 g/mol. The molecule has 1 atom stereocenters. The van der Waals surface area contributed by atoms with Gasteiger partial charge in [-0.2, -0.15) is 9.35 Å². The van der Waals surface area contributed by atoms with Gasteiger partial charge < -0.3 is 9.45 Å². The van der Waals surface area contributed by atoms with Gasteiger partial charge in [0.15, 0.2) is 0 Å². The molecule has 0 aromatic carbocycles. The van der Waals surface area contributed by atoms with Gasteiger partial charge in [-0.15, -0.1) is 5.10 Å². The van der Waals surface area contributed by atoms with Crippen LogP contribution in [0.5, 0.6) is 0 Å². The van der Waals surface area contributed by atoms with Gasteiger partial charge in [-0.25, -0.2) is 17.9 Å². The van der Waals surface area contributed by atoms with Crippen molar-refractivity contribution in [1.29, 1.82) is 0 Å². The summed E-state index contributed by atoms with van der Waals surface area (Å²) in [5, 5.41) is 7.99. The van der Waals surface area contributed by atoms with E-state index in [1.165, 1.54) is 15.8 Å². The number of fused-ring (bicyclic) bond motifs is 2. The number of amides is 2. The third-order valence-corrected chi connectivity index (χ3v) is 3.14. The van der Waals surface area contributed by atoms with Crippen LogP contribution in [0.15, 0.2) is 18.5 Å². The minimum atomic E-state index is -4.99. The van der Waals surface area contributed by atoms with Gasteiger partial charge in [-0.3, -0.25) is 0 Å². The molecule has 12 heteroatoms. The van der Waals surface area contributed by atoms with Gasteiger partial charge in [0.1, 0.15) is 6.04 Å². The molecule has 1 aromatic rings. The maximum Gasteiger partial charge on any atom is 1.00 e. The summed E-state index contributed by atoms with van der Waals surface area (Å²) in [6, 6.07) is -1.32. The first kappa shape index (κ1) is 15.4. The summed E-state index contributed by atoms with van der Waals surface area (Å²) in [4.78, 5) is 13.2. The van der Waals surface area contributed by atoms with E-state index >= 15 is 0 Å². The number of aromatic nitrogens is 3. The van der Waals surface area contributed by atoms with Crippen LogP contribution in [-0.2, 0) is 14.7 Å². The Bertz CT molecular complexity index is 644. The summed E-state index contributed by atoms with van der Waals surface area (Å²) in [5.74, 6) is 0. The van der Waals surface area contributed by atoms with Crippen LogP contribution in [0.4, 0.5) is 4.79 Å². The van der Waals surface area contributed by atoms with Crippen molar-refractivity contribution in [2.75, 3.05) is 13.1 Å². The van der Waals surface area contributed by atoms with Crippen LogP contribution in [-0.4, -0.2) is 63.1 Å². The standard InChI is InChI=1S/C8H9N5O5S.Na/c14-8-11-4-6(12-2-1-9-10-12)3-7(5-11)13(8)18-19(15,16)17;/h1-3,7H,4-5H2,(H,15,16,17);/q;+1/p-1/t7-;/m1./s1. The van der Waals surface area contributed by atoms with E-state index in [2.05, 4.69) is 14.6 Å². The van der Waals surface area contributed by atoms with Crippen molar-refractivity contribution in [3.8, 4) is 0 Å². The molecule has 0 spiro atoms. The normalized spacial score (nSPS) is 21.8. The van der Waals surface area contributed by atoms with Gasteiger partial charge in [0, 0.05) is 6.54 Å². The number of carbonyl (C=O) groups is 1. The van der Waals surface area contributed by atoms with Crippen molar-refractivity contribution < 1.29 is 51.6 Å². The molecule has 3 rings (SSSR count). The SMILES string of the molecule is O=C1N2CC(n3ccnn3)=C[C@H](C2)N1OS(=O)(=O)[O-].[Na+]. The fourth-order valence-electron chi connectivity index (χ4n) is 2.08. The summed E-state index contributed by atoms with van der Waals surface area (Å²) in [6.45, 7) is 0.490. The first-order valence-electron chi connectivity index (χ1n) is 5.25. The summed E-state index contributed by atoms with van der Waals surface area (Å²) < 4.78 is 37.4. The zero-order chi connectivity index (χ0) is 13.6. The summed E-state index contributed by atoms with van der Waals surface area (Å²) >= 11 is 0. The van der Waals surface area contributed by atoms with Crippen LogP contribution < -0.4 is 29.6 Å². The van der Waals surface area contributed by atoms with Crippen molar-refractivity contribution in [3.63, 3.8) is 0 Å². The zero-order valence-corrected chi connectivity index (χ0v) is 13.2. The predicted molar refractivity (Wildman–Crippen MR) is 57.7 cm³/mol. The molecule has 0 N–H and O–H groups in total. The van der Waals surface area contributed by atoms with Crippen molar-refractivity contribution in [2.24, 2.45) is 0 Å². The molecule has 102 valence electrons. The number of rotatable bonds is 3. The van der Waals surface area contributed by atoms with Crippen LogP contribution in [0.1, 0.15) is 0 Å². The minimum Gasteiger partial charge on any atom is -0.724 e. The number of hydrogen-bond acceptors (Lipinski definition) is 7. The Kier molecular flexibility index (Phi) is 4.18. The van der Waals surface area contributed by atoms with Crippen molar-refractivity contribution in [1.82, 2.24) is 25.0 Å². The second-order valence-corrected chi connectivity index (χ2v) is 5.01. The molecule has 0 saturated carbocycles. The molecule has 1 fully saturated rings. The molecule has 1 saturated heterocycles. The molecule has 1 aromatic heterocycles. The maximum absolute atomic E-state index is 11.8. The van der Waals surface area contributed by atoms with E-state index in [9.17, 15) is 17.8 Å². The van der Waals surface area contributed by atoms with E-state index in [0.29, 0.717) is 10.8 Å². The van der Waals surface area contributed by atoms with E-state index in [-0.39, 0.29) is 42.6 Å². The second kappa shape index (κ2) is 5.42. The van der Waals surface area contributed by atoms with Gasteiger partial charge in [0.2, 0.25) is 10.4 Å². The van der Waals surface area contributed by atoms with Gasteiger partial charge in [-0.1, -0.05) is 5.21 Å². The van der Waals surface area contributed by atoms with Crippen LogP contribution in [0.25, 0.3) is 5.70 Å².